The SMILES string of the molecule is COCOc1ccccc1Pc1ccccc1/C=N/N1CCCCC1. The molecule has 0 aromatic heterocycles. The van der Waals surface area contributed by atoms with E-state index >= 15 is 0 Å². The molecule has 5 heteroatoms. The molecule has 1 saturated heterocycles. The molecule has 0 amide bonds. The maximum absolute atomic E-state index is 5.70. The Morgan fingerprint density at radius 1 is 1.00 bits per heavy atom. The van der Waals surface area contributed by atoms with Gasteiger partial charge in [0.2, 0.25) is 0 Å². The van der Waals surface area contributed by atoms with Gasteiger partial charge in [0.05, 0.1) is 6.21 Å². The van der Waals surface area contributed by atoms with E-state index in [9.17, 15) is 0 Å². The van der Waals surface area contributed by atoms with Gasteiger partial charge in [-0.05, 0) is 30.6 Å². The van der Waals surface area contributed by atoms with E-state index in [-0.39, 0.29) is 6.79 Å². The van der Waals surface area contributed by atoms with Crippen molar-refractivity contribution in [3.63, 3.8) is 0 Å². The number of rotatable bonds is 7. The van der Waals surface area contributed by atoms with Gasteiger partial charge in [0, 0.05) is 31.1 Å². The molecule has 1 aliphatic heterocycles. The normalized spacial score (nSPS) is 15.3. The number of hydrogen-bond acceptors (Lipinski definition) is 4. The van der Waals surface area contributed by atoms with Crippen LogP contribution in [0.2, 0.25) is 0 Å². The molecule has 0 bridgehead atoms. The lowest BCUT2D eigenvalue weighted by Crippen LogP contribution is -2.24. The van der Waals surface area contributed by atoms with Crippen LogP contribution in [0.5, 0.6) is 5.75 Å². The molecule has 0 saturated carbocycles. The smallest absolute Gasteiger partial charge is 0.188 e. The Morgan fingerprint density at radius 2 is 1.72 bits per heavy atom. The molecule has 25 heavy (non-hydrogen) atoms. The van der Waals surface area contributed by atoms with Crippen molar-refractivity contribution in [3.05, 3.63) is 54.1 Å². The zero-order valence-corrected chi connectivity index (χ0v) is 15.6. The van der Waals surface area contributed by atoms with E-state index in [1.807, 2.05) is 24.4 Å². The Balaban J connectivity index is 1.76. The predicted octanol–water partition coefficient (Wildman–Crippen LogP) is 3.12. The van der Waals surface area contributed by atoms with E-state index in [0.717, 1.165) is 18.8 Å². The summed E-state index contributed by atoms with van der Waals surface area (Å²) in [5.41, 5.74) is 1.17. The molecule has 3 rings (SSSR count). The van der Waals surface area contributed by atoms with E-state index in [1.54, 1.807) is 7.11 Å². The second-order valence-electron chi connectivity index (χ2n) is 6.02. The lowest BCUT2D eigenvalue weighted by molar-refractivity contribution is 0.0519. The quantitative estimate of drug-likeness (QED) is 0.434. The van der Waals surface area contributed by atoms with Crippen LogP contribution in [0.1, 0.15) is 24.8 Å². The van der Waals surface area contributed by atoms with Gasteiger partial charge >= 0.3 is 0 Å². The van der Waals surface area contributed by atoms with Crippen LogP contribution in [-0.4, -0.2) is 38.2 Å². The zero-order valence-electron chi connectivity index (χ0n) is 14.6. The molecule has 1 fully saturated rings. The molecular formula is C20H25N2O2P. The van der Waals surface area contributed by atoms with Crippen molar-refractivity contribution in [2.75, 3.05) is 27.0 Å². The summed E-state index contributed by atoms with van der Waals surface area (Å²) in [7, 11) is 2.15. The molecule has 132 valence electrons. The summed E-state index contributed by atoms with van der Waals surface area (Å²) in [6.07, 6.45) is 5.81. The molecule has 0 spiro atoms. The lowest BCUT2D eigenvalue weighted by Gasteiger charge is -2.23. The Morgan fingerprint density at radius 3 is 2.52 bits per heavy atom. The summed E-state index contributed by atoms with van der Waals surface area (Å²) < 4.78 is 10.7. The van der Waals surface area contributed by atoms with Gasteiger partial charge in [-0.15, -0.1) is 0 Å². The van der Waals surface area contributed by atoms with Crippen LogP contribution >= 0.6 is 8.58 Å². The number of benzene rings is 2. The lowest BCUT2D eigenvalue weighted by atomic mass is 10.2. The minimum atomic E-state index is 0.263. The van der Waals surface area contributed by atoms with Crippen molar-refractivity contribution in [3.8, 4) is 5.75 Å². The van der Waals surface area contributed by atoms with E-state index in [4.69, 9.17) is 9.47 Å². The van der Waals surface area contributed by atoms with Crippen molar-refractivity contribution in [2.24, 2.45) is 5.10 Å². The average Bonchev–Trinajstić information content (AvgIpc) is 2.67. The number of ether oxygens (including phenoxy) is 2. The monoisotopic (exact) mass is 356 g/mol. The van der Waals surface area contributed by atoms with Crippen molar-refractivity contribution >= 4 is 25.4 Å². The summed E-state index contributed by atoms with van der Waals surface area (Å²) in [6.45, 7) is 2.39. The predicted molar refractivity (Wildman–Crippen MR) is 106 cm³/mol. The molecule has 1 aliphatic rings. The van der Waals surface area contributed by atoms with E-state index in [2.05, 4.69) is 40.4 Å². The van der Waals surface area contributed by atoms with Crippen molar-refractivity contribution in [2.45, 2.75) is 19.3 Å². The molecule has 1 unspecified atom stereocenters. The van der Waals surface area contributed by atoms with Gasteiger partial charge in [0.25, 0.3) is 0 Å². The fourth-order valence-corrected chi connectivity index (χ4v) is 4.04. The number of para-hydroxylation sites is 1. The fraction of sp³-hybridized carbons (Fsp3) is 0.350. The second kappa shape index (κ2) is 9.55. The molecule has 0 aliphatic carbocycles. The van der Waals surface area contributed by atoms with E-state index in [0.29, 0.717) is 8.58 Å². The third-order valence-corrected chi connectivity index (χ3v) is 5.55. The number of piperidine rings is 1. The highest BCUT2D eigenvalue weighted by molar-refractivity contribution is 7.56. The van der Waals surface area contributed by atoms with Gasteiger partial charge in [-0.25, -0.2) is 0 Å². The Labute approximate surface area is 151 Å². The standard InChI is InChI=1S/C20H25N2O2P/c1-23-16-24-18-10-4-6-12-20(18)25-19-11-5-3-9-17(19)15-21-22-13-7-2-8-14-22/h3-6,9-12,15,25H,2,7-8,13-14,16H2,1H3/b21-15+. The highest BCUT2D eigenvalue weighted by atomic mass is 31.1. The highest BCUT2D eigenvalue weighted by Crippen LogP contribution is 2.20. The van der Waals surface area contributed by atoms with Crippen LogP contribution in [0.25, 0.3) is 0 Å². The first-order chi connectivity index (χ1) is 12.4. The minimum Gasteiger partial charge on any atom is -0.467 e. The molecule has 0 N–H and O–H groups in total. The number of hydrogen-bond donors (Lipinski definition) is 0. The molecule has 4 nitrogen and oxygen atoms in total. The van der Waals surface area contributed by atoms with Crippen molar-refractivity contribution in [1.29, 1.82) is 0 Å². The average molecular weight is 356 g/mol. The first kappa shape index (κ1) is 17.9. The van der Waals surface area contributed by atoms with Crippen LogP contribution in [0.4, 0.5) is 0 Å². The summed E-state index contributed by atoms with van der Waals surface area (Å²) in [4.78, 5) is 0. The van der Waals surface area contributed by atoms with Crippen LogP contribution in [0, 0.1) is 0 Å². The van der Waals surface area contributed by atoms with Gasteiger partial charge in [0.15, 0.2) is 6.79 Å². The molecule has 1 heterocycles. The Bertz CT molecular complexity index is 700. The van der Waals surface area contributed by atoms with E-state index < -0.39 is 0 Å². The molecule has 1 atom stereocenters. The molecule has 2 aromatic carbocycles. The summed E-state index contributed by atoms with van der Waals surface area (Å²) in [6, 6.07) is 16.6. The molecule has 0 radical (unpaired) electrons. The Hall–Kier alpha value is -1.90. The first-order valence-electron chi connectivity index (χ1n) is 8.72. The molecular weight excluding hydrogens is 331 g/mol. The first-order valence-corrected chi connectivity index (χ1v) is 9.72. The number of hydrazone groups is 1. The largest absolute Gasteiger partial charge is 0.467 e. The summed E-state index contributed by atoms with van der Waals surface area (Å²) in [5.74, 6) is 0.880. The van der Waals surface area contributed by atoms with Crippen molar-refractivity contribution in [1.82, 2.24) is 5.01 Å². The number of methoxy groups -OCH3 is 1. The Kier molecular flexibility index (Phi) is 6.84. The third-order valence-electron chi connectivity index (χ3n) is 4.14. The number of nitrogens with zero attached hydrogens (tertiary/aromatic N) is 2. The summed E-state index contributed by atoms with van der Waals surface area (Å²) in [5, 5.41) is 9.32. The van der Waals surface area contributed by atoms with Crippen LogP contribution < -0.4 is 15.3 Å². The fourth-order valence-electron chi connectivity index (χ4n) is 2.82. The van der Waals surface area contributed by atoms with Gasteiger partial charge in [-0.2, -0.15) is 5.10 Å². The topological polar surface area (TPSA) is 34.1 Å². The second-order valence-corrected chi connectivity index (χ2v) is 7.35. The maximum Gasteiger partial charge on any atom is 0.188 e. The van der Waals surface area contributed by atoms with Gasteiger partial charge in [0.1, 0.15) is 5.75 Å². The van der Waals surface area contributed by atoms with Crippen LogP contribution in [0.3, 0.4) is 0 Å². The minimum absolute atomic E-state index is 0.263. The van der Waals surface area contributed by atoms with Crippen LogP contribution in [-0.2, 0) is 4.74 Å². The van der Waals surface area contributed by atoms with Crippen molar-refractivity contribution < 1.29 is 9.47 Å². The van der Waals surface area contributed by atoms with E-state index in [1.165, 1.54) is 35.4 Å². The van der Waals surface area contributed by atoms with Gasteiger partial charge < -0.3 is 9.47 Å². The van der Waals surface area contributed by atoms with Crippen LogP contribution in [0.15, 0.2) is 53.6 Å². The zero-order chi connectivity index (χ0) is 17.3. The summed E-state index contributed by atoms with van der Waals surface area (Å²) >= 11 is 0. The highest BCUT2D eigenvalue weighted by Gasteiger charge is 2.09. The molecule has 2 aromatic rings. The van der Waals surface area contributed by atoms with Gasteiger partial charge in [-0.1, -0.05) is 51.0 Å². The maximum atomic E-state index is 5.70. The van der Waals surface area contributed by atoms with Gasteiger partial charge in [-0.3, -0.25) is 5.01 Å². The third kappa shape index (κ3) is 5.29.